The minimum Gasteiger partial charge on any atom is -0.446 e. The van der Waals surface area contributed by atoms with Crippen molar-refractivity contribution in [3.63, 3.8) is 0 Å². The molecule has 2 N–H and O–H groups in total. The summed E-state index contributed by atoms with van der Waals surface area (Å²) < 4.78 is 58.6. The van der Waals surface area contributed by atoms with Gasteiger partial charge in [-0.05, 0) is 42.7 Å². The Kier molecular flexibility index (Phi) is 7.20. The second-order valence-corrected chi connectivity index (χ2v) is 8.21. The standard InChI is InChI=1S/C23H24F4N4O3/c24-15-10-16(25)12-18(11-15)30-7-3-17(4-8-30)28-5-6-29-22(32)31-21(13-34-23(31)33)14-1-2-19(26)20(27)9-14/h1-2,9-12,17,21,28H,3-8,13H2,(H,29,32)/t21-/m1/s1. The van der Waals surface area contributed by atoms with Crippen LogP contribution < -0.4 is 15.5 Å². The molecular formula is C23H24F4N4O3. The molecule has 0 aromatic heterocycles. The first-order valence-corrected chi connectivity index (χ1v) is 10.9. The Morgan fingerprint density at radius 2 is 1.68 bits per heavy atom. The molecule has 2 saturated heterocycles. The Morgan fingerprint density at radius 1 is 0.971 bits per heavy atom. The topological polar surface area (TPSA) is 73.9 Å². The summed E-state index contributed by atoms with van der Waals surface area (Å²) in [7, 11) is 0. The second kappa shape index (κ2) is 10.3. The zero-order valence-electron chi connectivity index (χ0n) is 18.2. The maximum atomic E-state index is 13.6. The van der Waals surface area contributed by atoms with Gasteiger partial charge in [-0.3, -0.25) is 0 Å². The van der Waals surface area contributed by atoms with Crippen LogP contribution in [0, 0.1) is 23.3 Å². The van der Waals surface area contributed by atoms with E-state index in [4.69, 9.17) is 4.74 Å². The maximum absolute atomic E-state index is 13.6. The van der Waals surface area contributed by atoms with Crippen molar-refractivity contribution >= 4 is 17.8 Å². The fourth-order valence-electron chi connectivity index (χ4n) is 4.21. The Labute approximate surface area is 193 Å². The SMILES string of the molecule is O=C(NCCNC1CCN(c2cc(F)cc(F)c2)CC1)N1C(=O)OC[C@@H]1c1ccc(F)c(F)c1. The van der Waals surface area contributed by atoms with E-state index in [9.17, 15) is 27.2 Å². The third-order valence-electron chi connectivity index (χ3n) is 5.96. The molecule has 0 spiro atoms. The highest BCUT2D eigenvalue weighted by molar-refractivity contribution is 5.92. The van der Waals surface area contributed by atoms with Crippen LogP contribution in [-0.2, 0) is 4.74 Å². The van der Waals surface area contributed by atoms with Crippen LogP contribution in [0.15, 0.2) is 36.4 Å². The number of imide groups is 1. The van der Waals surface area contributed by atoms with Crippen LogP contribution in [0.4, 0.5) is 32.8 Å². The summed E-state index contributed by atoms with van der Waals surface area (Å²) in [5.74, 6) is -3.32. The summed E-state index contributed by atoms with van der Waals surface area (Å²) in [5.41, 5.74) is 0.763. The number of carbonyl (C=O) groups excluding carboxylic acids is 2. The van der Waals surface area contributed by atoms with Crippen LogP contribution in [-0.4, -0.2) is 55.9 Å². The number of cyclic esters (lactones) is 1. The molecule has 2 aromatic carbocycles. The van der Waals surface area contributed by atoms with Crippen LogP contribution in [0.25, 0.3) is 0 Å². The van der Waals surface area contributed by atoms with E-state index in [1.807, 2.05) is 4.90 Å². The molecule has 2 aliphatic rings. The van der Waals surface area contributed by atoms with Gasteiger partial charge in [0.25, 0.3) is 0 Å². The molecule has 0 radical (unpaired) electrons. The Bertz CT molecular complexity index is 1040. The van der Waals surface area contributed by atoms with Crippen LogP contribution >= 0.6 is 0 Å². The zero-order chi connectivity index (χ0) is 24.2. The van der Waals surface area contributed by atoms with Gasteiger partial charge < -0.3 is 20.3 Å². The van der Waals surface area contributed by atoms with Gasteiger partial charge in [-0.1, -0.05) is 6.07 Å². The number of urea groups is 1. The van der Waals surface area contributed by atoms with Crippen LogP contribution in [0.2, 0.25) is 0 Å². The number of rotatable bonds is 6. The molecule has 4 rings (SSSR count). The van der Waals surface area contributed by atoms with Gasteiger partial charge in [-0.2, -0.15) is 0 Å². The summed E-state index contributed by atoms with van der Waals surface area (Å²) >= 11 is 0. The number of hydrogen-bond acceptors (Lipinski definition) is 5. The number of benzene rings is 2. The molecular weight excluding hydrogens is 456 g/mol. The third-order valence-corrected chi connectivity index (χ3v) is 5.96. The molecule has 34 heavy (non-hydrogen) atoms. The van der Waals surface area contributed by atoms with E-state index in [1.165, 1.54) is 18.2 Å². The number of halogens is 4. The smallest absolute Gasteiger partial charge is 0.418 e. The predicted molar refractivity (Wildman–Crippen MR) is 115 cm³/mol. The van der Waals surface area contributed by atoms with Gasteiger partial charge in [0.15, 0.2) is 11.6 Å². The summed E-state index contributed by atoms with van der Waals surface area (Å²) in [5, 5.41) is 5.94. The van der Waals surface area contributed by atoms with Crippen molar-refractivity contribution in [3.8, 4) is 0 Å². The largest absolute Gasteiger partial charge is 0.446 e. The number of carbonyl (C=O) groups is 2. The minimum absolute atomic E-state index is 0.149. The highest BCUT2D eigenvalue weighted by Gasteiger charge is 2.39. The number of piperidine rings is 1. The first-order chi connectivity index (χ1) is 16.3. The fraction of sp³-hybridized carbons (Fsp3) is 0.391. The van der Waals surface area contributed by atoms with E-state index >= 15 is 0 Å². The normalized spacial score (nSPS) is 18.8. The number of nitrogens with zero attached hydrogens (tertiary/aromatic N) is 2. The molecule has 0 unspecified atom stereocenters. The van der Waals surface area contributed by atoms with Crippen molar-refractivity contribution in [2.24, 2.45) is 0 Å². The molecule has 2 aliphatic heterocycles. The van der Waals surface area contributed by atoms with Crippen molar-refractivity contribution in [3.05, 3.63) is 65.2 Å². The van der Waals surface area contributed by atoms with Crippen molar-refractivity contribution in [1.82, 2.24) is 15.5 Å². The first-order valence-electron chi connectivity index (χ1n) is 10.9. The average molecular weight is 480 g/mol. The van der Waals surface area contributed by atoms with Gasteiger partial charge in [0.1, 0.15) is 24.3 Å². The minimum atomic E-state index is -1.07. The van der Waals surface area contributed by atoms with E-state index in [-0.39, 0.29) is 24.8 Å². The number of amides is 3. The summed E-state index contributed by atoms with van der Waals surface area (Å²) in [6.07, 6.45) is 0.646. The molecule has 0 saturated carbocycles. The molecule has 0 bridgehead atoms. The lowest BCUT2D eigenvalue weighted by Crippen LogP contribution is -2.47. The predicted octanol–water partition coefficient (Wildman–Crippen LogP) is 3.70. The first kappa shape index (κ1) is 23.8. The van der Waals surface area contributed by atoms with E-state index in [0.29, 0.717) is 25.3 Å². The van der Waals surface area contributed by atoms with Gasteiger partial charge in [-0.15, -0.1) is 0 Å². The monoisotopic (exact) mass is 480 g/mol. The molecule has 0 aliphatic carbocycles. The second-order valence-electron chi connectivity index (χ2n) is 8.21. The van der Waals surface area contributed by atoms with Crippen molar-refractivity contribution < 1.29 is 31.9 Å². The molecule has 2 aromatic rings. The van der Waals surface area contributed by atoms with Gasteiger partial charge in [0, 0.05) is 44.0 Å². The van der Waals surface area contributed by atoms with Crippen LogP contribution in [0.1, 0.15) is 24.4 Å². The quantitative estimate of drug-likeness (QED) is 0.487. The number of nitrogens with one attached hydrogen (secondary N) is 2. The zero-order valence-corrected chi connectivity index (χ0v) is 18.2. The van der Waals surface area contributed by atoms with Crippen molar-refractivity contribution in [1.29, 1.82) is 0 Å². The molecule has 1 atom stereocenters. The average Bonchev–Trinajstić information content (AvgIpc) is 3.19. The number of hydrogen-bond donors (Lipinski definition) is 2. The van der Waals surface area contributed by atoms with Crippen molar-refractivity contribution in [2.45, 2.75) is 24.9 Å². The van der Waals surface area contributed by atoms with Gasteiger partial charge in [0.05, 0.1) is 0 Å². The lowest BCUT2D eigenvalue weighted by molar-refractivity contribution is 0.158. The lowest BCUT2D eigenvalue weighted by atomic mass is 10.0. The number of ether oxygens (including phenoxy) is 1. The fourth-order valence-corrected chi connectivity index (χ4v) is 4.21. The van der Waals surface area contributed by atoms with E-state index < -0.39 is 41.4 Å². The summed E-state index contributed by atoms with van der Waals surface area (Å²) in [6, 6.07) is 5.25. The van der Waals surface area contributed by atoms with E-state index in [0.717, 1.165) is 35.9 Å². The Hall–Kier alpha value is -3.34. The van der Waals surface area contributed by atoms with E-state index in [1.54, 1.807) is 0 Å². The molecule has 2 fully saturated rings. The summed E-state index contributed by atoms with van der Waals surface area (Å²) in [6.45, 7) is 1.76. The van der Waals surface area contributed by atoms with E-state index in [2.05, 4.69) is 10.6 Å². The Morgan fingerprint density at radius 3 is 2.35 bits per heavy atom. The highest BCUT2D eigenvalue weighted by atomic mass is 19.2. The summed E-state index contributed by atoms with van der Waals surface area (Å²) in [4.78, 5) is 27.3. The van der Waals surface area contributed by atoms with Gasteiger partial charge in [0.2, 0.25) is 0 Å². The van der Waals surface area contributed by atoms with Gasteiger partial charge in [-0.25, -0.2) is 32.1 Å². The molecule has 3 amide bonds. The third kappa shape index (κ3) is 5.41. The highest BCUT2D eigenvalue weighted by Crippen LogP contribution is 2.28. The van der Waals surface area contributed by atoms with Crippen molar-refractivity contribution in [2.75, 3.05) is 37.7 Å². The Balaban J connectivity index is 1.22. The molecule has 7 nitrogen and oxygen atoms in total. The molecule has 11 heteroatoms. The van der Waals surface area contributed by atoms with Crippen LogP contribution in [0.3, 0.4) is 0 Å². The molecule has 182 valence electrons. The number of anilines is 1. The maximum Gasteiger partial charge on any atom is 0.418 e. The molecule has 2 heterocycles. The van der Waals surface area contributed by atoms with Crippen LogP contribution in [0.5, 0.6) is 0 Å². The van der Waals surface area contributed by atoms with Gasteiger partial charge >= 0.3 is 12.1 Å². The lowest BCUT2D eigenvalue weighted by Gasteiger charge is -2.34.